The molecule has 1 heterocycles. The fourth-order valence-corrected chi connectivity index (χ4v) is 1.67. The van der Waals surface area contributed by atoms with Gasteiger partial charge in [0.25, 0.3) is 0 Å². The molecule has 1 aliphatic rings. The highest BCUT2D eigenvalue weighted by atomic mass is 16.5. The van der Waals surface area contributed by atoms with Crippen molar-refractivity contribution < 1.29 is 14.3 Å². The van der Waals surface area contributed by atoms with E-state index in [-0.39, 0.29) is 18.0 Å². The number of rotatable bonds is 2. The summed E-state index contributed by atoms with van der Waals surface area (Å²) in [5, 5.41) is 0. The highest BCUT2D eigenvalue weighted by Gasteiger charge is 2.24. The molecule has 2 amide bonds. The van der Waals surface area contributed by atoms with Crippen molar-refractivity contribution in [3.8, 4) is 0 Å². The molecule has 1 rings (SSSR count). The number of carbonyl (C=O) groups is 2. The van der Waals surface area contributed by atoms with Crippen LogP contribution in [0.1, 0.15) is 13.3 Å². The number of carbonyl (C=O) groups excluding carboxylic acids is 2. The summed E-state index contributed by atoms with van der Waals surface area (Å²) >= 11 is 0. The van der Waals surface area contributed by atoms with E-state index in [1.165, 1.54) is 7.11 Å². The molecule has 6 heteroatoms. The molecule has 0 radical (unpaired) electrons. The molecule has 1 atom stereocenters. The van der Waals surface area contributed by atoms with Crippen molar-refractivity contribution in [2.75, 3.05) is 33.3 Å². The van der Waals surface area contributed by atoms with Crippen LogP contribution >= 0.6 is 0 Å². The van der Waals surface area contributed by atoms with Crippen molar-refractivity contribution in [3.63, 3.8) is 0 Å². The van der Waals surface area contributed by atoms with Crippen LogP contribution in [0.4, 0.5) is 4.79 Å². The second kappa shape index (κ2) is 5.69. The Bertz CT molecular complexity index is 260. The largest absolute Gasteiger partial charge is 0.453 e. The Kier molecular flexibility index (Phi) is 4.54. The Morgan fingerprint density at radius 2 is 1.75 bits per heavy atom. The first-order chi connectivity index (χ1) is 7.54. The molecule has 0 aromatic carbocycles. The van der Waals surface area contributed by atoms with Crippen LogP contribution in [-0.4, -0.2) is 61.1 Å². The van der Waals surface area contributed by atoms with E-state index in [1.807, 2.05) is 6.92 Å². The van der Waals surface area contributed by atoms with Crippen LogP contribution in [0, 0.1) is 0 Å². The van der Waals surface area contributed by atoms with Crippen LogP contribution in [0.3, 0.4) is 0 Å². The van der Waals surface area contributed by atoms with Gasteiger partial charge in [-0.05, 0) is 6.92 Å². The molecule has 2 N–H and O–H groups in total. The number of methoxy groups -OCH3 is 1. The van der Waals surface area contributed by atoms with Gasteiger partial charge in [-0.25, -0.2) is 4.79 Å². The molecule has 16 heavy (non-hydrogen) atoms. The van der Waals surface area contributed by atoms with Crippen LogP contribution in [0.15, 0.2) is 0 Å². The molecule has 1 unspecified atom stereocenters. The zero-order valence-electron chi connectivity index (χ0n) is 9.81. The van der Waals surface area contributed by atoms with Gasteiger partial charge >= 0.3 is 6.09 Å². The van der Waals surface area contributed by atoms with E-state index >= 15 is 0 Å². The van der Waals surface area contributed by atoms with E-state index in [9.17, 15) is 9.59 Å². The molecule has 92 valence electrons. The fourth-order valence-electron chi connectivity index (χ4n) is 1.67. The first kappa shape index (κ1) is 12.8. The van der Waals surface area contributed by atoms with Crippen molar-refractivity contribution in [1.29, 1.82) is 0 Å². The molecular formula is C10H19N3O3. The number of ether oxygens (including phenoxy) is 1. The first-order valence-electron chi connectivity index (χ1n) is 5.41. The third-order valence-corrected chi connectivity index (χ3v) is 2.56. The lowest BCUT2D eigenvalue weighted by atomic mass is 10.2. The van der Waals surface area contributed by atoms with E-state index in [0.29, 0.717) is 32.6 Å². The van der Waals surface area contributed by atoms with Crippen LogP contribution in [-0.2, 0) is 9.53 Å². The number of nitrogens with two attached hydrogens (primary N) is 1. The molecule has 0 aliphatic carbocycles. The zero-order valence-corrected chi connectivity index (χ0v) is 9.81. The summed E-state index contributed by atoms with van der Waals surface area (Å²) in [6.07, 6.45) is 0.0254. The predicted octanol–water partition coefficient (Wildman–Crippen LogP) is -0.366. The number of amides is 2. The summed E-state index contributed by atoms with van der Waals surface area (Å²) < 4.78 is 4.61. The smallest absolute Gasteiger partial charge is 0.409 e. The van der Waals surface area contributed by atoms with Crippen LogP contribution in [0.2, 0.25) is 0 Å². The maximum atomic E-state index is 11.7. The van der Waals surface area contributed by atoms with Gasteiger partial charge in [0.05, 0.1) is 7.11 Å². The van der Waals surface area contributed by atoms with Crippen LogP contribution < -0.4 is 5.73 Å². The van der Waals surface area contributed by atoms with E-state index < -0.39 is 0 Å². The number of hydrogen-bond donors (Lipinski definition) is 1. The molecule has 0 aromatic rings. The van der Waals surface area contributed by atoms with Gasteiger partial charge in [0.2, 0.25) is 5.91 Å². The van der Waals surface area contributed by atoms with Gasteiger partial charge in [0.15, 0.2) is 0 Å². The maximum Gasteiger partial charge on any atom is 0.409 e. The lowest BCUT2D eigenvalue weighted by Crippen LogP contribution is -2.51. The molecule has 0 spiro atoms. The third-order valence-electron chi connectivity index (χ3n) is 2.56. The van der Waals surface area contributed by atoms with Gasteiger partial charge in [-0.2, -0.15) is 0 Å². The minimum absolute atomic E-state index is 0.0551. The van der Waals surface area contributed by atoms with Crippen molar-refractivity contribution in [1.82, 2.24) is 9.80 Å². The SMILES string of the molecule is COC(=O)N1CCN(C(=O)CC(C)N)CC1. The Balaban J connectivity index is 2.37. The molecule has 0 saturated carbocycles. The van der Waals surface area contributed by atoms with E-state index in [4.69, 9.17) is 5.73 Å². The average molecular weight is 229 g/mol. The van der Waals surface area contributed by atoms with Crippen molar-refractivity contribution >= 4 is 12.0 Å². The maximum absolute atomic E-state index is 11.7. The van der Waals surface area contributed by atoms with Gasteiger partial charge in [-0.15, -0.1) is 0 Å². The second-order valence-electron chi connectivity index (χ2n) is 4.02. The zero-order chi connectivity index (χ0) is 12.1. The lowest BCUT2D eigenvalue weighted by Gasteiger charge is -2.34. The summed E-state index contributed by atoms with van der Waals surface area (Å²) in [5.74, 6) is 0.0551. The predicted molar refractivity (Wildman–Crippen MR) is 58.8 cm³/mol. The molecule has 6 nitrogen and oxygen atoms in total. The molecule has 0 aromatic heterocycles. The number of piperazine rings is 1. The molecular weight excluding hydrogens is 210 g/mol. The quantitative estimate of drug-likeness (QED) is 0.701. The molecule has 1 saturated heterocycles. The number of nitrogens with zero attached hydrogens (tertiary/aromatic N) is 2. The molecule has 0 bridgehead atoms. The number of hydrogen-bond acceptors (Lipinski definition) is 4. The minimum Gasteiger partial charge on any atom is -0.453 e. The Morgan fingerprint density at radius 3 is 2.19 bits per heavy atom. The van der Waals surface area contributed by atoms with Gasteiger partial charge in [-0.1, -0.05) is 0 Å². The summed E-state index contributed by atoms with van der Waals surface area (Å²) in [7, 11) is 1.36. The lowest BCUT2D eigenvalue weighted by molar-refractivity contribution is -0.133. The topological polar surface area (TPSA) is 75.9 Å². The Hall–Kier alpha value is -1.30. The van der Waals surface area contributed by atoms with Crippen LogP contribution in [0.5, 0.6) is 0 Å². The monoisotopic (exact) mass is 229 g/mol. The van der Waals surface area contributed by atoms with Gasteiger partial charge in [0, 0.05) is 38.6 Å². The molecule has 1 fully saturated rings. The highest BCUT2D eigenvalue weighted by Crippen LogP contribution is 2.05. The van der Waals surface area contributed by atoms with Gasteiger partial charge in [-0.3, -0.25) is 4.79 Å². The summed E-state index contributed by atoms with van der Waals surface area (Å²) in [4.78, 5) is 26.2. The molecule has 1 aliphatic heterocycles. The minimum atomic E-state index is -0.334. The third kappa shape index (κ3) is 3.37. The highest BCUT2D eigenvalue weighted by molar-refractivity contribution is 5.77. The Labute approximate surface area is 95.3 Å². The van der Waals surface area contributed by atoms with Gasteiger partial charge in [0.1, 0.15) is 0 Å². The van der Waals surface area contributed by atoms with E-state index in [0.717, 1.165) is 0 Å². The summed E-state index contributed by atoms with van der Waals surface area (Å²) in [5.41, 5.74) is 5.57. The van der Waals surface area contributed by atoms with E-state index in [1.54, 1.807) is 9.80 Å². The van der Waals surface area contributed by atoms with Crippen molar-refractivity contribution in [2.24, 2.45) is 5.73 Å². The van der Waals surface area contributed by atoms with E-state index in [2.05, 4.69) is 4.74 Å². The first-order valence-corrected chi connectivity index (χ1v) is 5.41. The van der Waals surface area contributed by atoms with Crippen LogP contribution in [0.25, 0.3) is 0 Å². The Morgan fingerprint density at radius 1 is 1.25 bits per heavy atom. The average Bonchev–Trinajstić information content (AvgIpc) is 2.27. The van der Waals surface area contributed by atoms with Crippen molar-refractivity contribution in [3.05, 3.63) is 0 Å². The summed E-state index contributed by atoms with van der Waals surface area (Å²) in [6, 6.07) is -0.119. The second-order valence-corrected chi connectivity index (χ2v) is 4.02. The standard InChI is InChI=1S/C10H19N3O3/c1-8(11)7-9(14)12-3-5-13(6-4-12)10(15)16-2/h8H,3-7,11H2,1-2H3. The van der Waals surface area contributed by atoms with Crippen molar-refractivity contribution in [2.45, 2.75) is 19.4 Å². The van der Waals surface area contributed by atoms with Gasteiger partial charge < -0.3 is 20.3 Å². The fraction of sp³-hybridized carbons (Fsp3) is 0.800. The summed E-state index contributed by atoms with van der Waals surface area (Å²) in [6.45, 7) is 3.97. The normalized spacial score (nSPS) is 18.2.